The maximum absolute atomic E-state index is 12.4. The Morgan fingerprint density at radius 3 is 1.52 bits per heavy atom. The molecule has 0 aromatic rings. The summed E-state index contributed by atoms with van der Waals surface area (Å²) in [4.78, 5) is 29.4. The molecule has 0 aliphatic carbocycles. The van der Waals surface area contributed by atoms with E-state index in [9.17, 15) is 9.59 Å². The van der Waals surface area contributed by atoms with Crippen LogP contribution < -0.4 is 10.6 Å². The summed E-state index contributed by atoms with van der Waals surface area (Å²) in [5.74, 6) is 0.431. The number of amides is 2. The summed E-state index contributed by atoms with van der Waals surface area (Å²) in [5.41, 5.74) is -0.160. The van der Waals surface area contributed by atoms with E-state index in [4.69, 9.17) is 0 Å². The standard InChI is InChI=1S/C19H36N4O2/c1-13-15(7-9-22(13)5)17(24)20-11-19(3,4)12-21-18(25)16-8-10-23(6)14(16)2/h13-16H,7-12H2,1-6H3,(H,20,24)(H,21,25)/t13-,14-,15-,16-/m1/s1. The quantitative estimate of drug-likeness (QED) is 0.746. The van der Waals surface area contributed by atoms with Crippen LogP contribution in [-0.4, -0.2) is 74.0 Å². The van der Waals surface area contributed by atoms with Crippen molar-refractivity contribution in [3.8, 4) is 0 Å². The summed E-state index contributed by atoms with van der Waals surface area (Å²) in [5, 5.41) is 6.20. The van der Waals surface area contributed by atoms with Gasteiger partial charge < -0.3 is 20.4 Å². The number of hydrogen-bond acceptors (Lipinski definition) is 4. The molecule has 0 spiro atoms. The number of hydrogen-bond donors (Lipinski definition) is 2. The molecule has 0 unspecified atom stereocenters. The first-order valence-electron chi connectivity index (χ1n) is 9.58. The Hall–Kier alpha value is -1.14. The minimum absolute atomic E-state index is 0.0743. The van der Waals surface area contributed by atoms with Crippen LogP contribution in [0.3, 0.4) is 0 Å². The van der Waals surface area contributed by atoms with E-state index in [1.807, 2.05) is 0 Å². The van der Waals surface area contributed by atoms with E-state index >= 15 is 0 Å². The molecule has 2 N–H and O–H groups in total. The summed E-state index contributed by atoms with van der Waals surface area (Å²) < 4.78 is 0. The SMILES string of the molecule is C[C@@H]1[C@H](C(=O)NCC(C)(C)CNC(=O)[C@@H]2CCN(C)[C@@H]2C)CCN1C. The maximum Gasteiger partial charge on any atom is 0.224 e. The van der Waals surface area contributed by atoms with Gasteiger partial charge in [0.05, 0.1) is 11.8 Å². The largest absolute Gasteiger partial charge is 0.355 e. The van der Waals surface area contributed by atoms with Crippen LogP contribution in [0.2, 0.25) is 0 Å². The maximum atomic E-state index is 12.4. The molecule has 4 atom stereocenters. The number of carbonyl (C=O) groups excluding carboxylic acids is 2. The molecule has 6 nitrogen and oxygen atoms in total. The number of likely N-dealkylation sites (tertiary alicyclic amines) is 2. The second kappa shape index (κ2) is 8.04. The van der Waals surface area contributed by atoms with Crippen LogP contribution in [0.15, 0.2) is 0 Å². The van der Waals surface area contributed by atoms with Gasteiger partial charge in [-0.25, -0.2) is 0 Å². The van der Waals surface area contributed by atoms with Gasteiger partial charge in [0.25, 0.3) is 0 Å². The van der Waals surface area contributed by atoms with Crippen molar-refractivity contribution in [2.45, 2.75) is 52.6 Å². The van der Waals surface area contributed by atoms with Crippen LogP contribution in [0.5, 0.6) is 0 Å². The van der Waals surface area contributed by atoms with Crippen molar-refractivity contribution < 1.29 is 9.59 Å². The van der Waals surface area contributed by atoms with Gasteiger partial charge in [-0.3, -0.25) is 9.59 Å². The molecule has 25 heavy (non-hydrogen) atoms. The Kier molecular flexibility index (Phi) is 6.49. The predicted octanol–water partition coefficient (Wildman–Crippen LogP) is 0.925. The fourth-order valence-corrected chi connectivity index (χ4v) is 3.87. The average Bonchev–Trinajstić information content (AvgIpc) is 3.07. The summed E-state index contributed by atoms with van der Waals surface area (Å²) in [6, 6.07) is 0.590. The molecule has 0 aromatic carbocycles. The molecule has 2 fully saturated rings. The zero-order chi connectivity index (χ0) is 18.8. The first-order valence-corrected chi connectivity index (χ1v) is 9.58. The smallest absolute Gasteiger partial charge is 0.224 e. The summed E-state index contributed by atoms with van der Waals surface area (Å²) in [7, 11) is 4.14. The summed E-state index contributed by atoms with van der Waals surface area (Å²) in [6.45, 7) is 11.5. The van der Waals surface area contributed by atoms with Gasteiger partial charge in [0.1, 0.15) is 0 Å². The number of carbonyl (C=O) groups is 2. The van der Waals surface area contributed by atoms with Crippen molar-refractivity contribution in [2.75, 3.05) is 40.3 Å². The average molecular weight is 353 g/mol. The Bertz CT molecular complexity index is 452. The number of nitrogens with zero attached hydrogens (tertiary/aromatic N) is 2. The predicted molar refractivity (Wildman–Crippen MR) is 100 cm³/mol. The van der Waals surface area contributed by atoms with Crippen molar-refractivity contribution in [1.82, 2.24) is 20.4 Å². The Labute approximate surface area is 152 Å². The zero-order valence-electron chi connectivity index (χ0n) is 16.8. The molecule has 6 heteroatoms. The molecule has 144 valence electrons. The highest BCUT2D eigenvalue weighted by Gasteiger charge is 2.35. The van der Waals surface area contributed by atoms with Crippen molar-refractivity contribution in [2.24, 2.45) is 17.3 Å². The third kappa shape index (κ3) is 4.94. The lowest BCUT2D eigenvalue weighted by Gasteiger charge is -2.28. The lowest BCUT2D eigenvalue weighted by molar-refractivity contribution is -0.126. The normalized spacial score (nSPS) is 31.3. The monoisotopic (exact) mass is 352 g/mol. The van der Waals surface area contributed by atoms with Gasteiger partial charge in [0, 0.05) is 25.2 Å². The zero-order valence-corrected chi connectivity index (χ0v) is 16.8. The van der Waals surface area contributed by atoms with Gasteiger partial charge in [0.2, 0.25) is 11.8 Å². The second-order valence-corrected chi connectivity index (χ2v) is 8.83. The fraction of sp³-hybridized carbons (Fsp3) is 0.895. The Morgan fingerprint density at radius 2 is 1.24 bits per heavy atom. The molecule has 0 saturated carbocycles. The highest BCUT2D eigenvalue weighted by molar-refractivity contribution is 5.80. The van der Waals surface area contributed by atoms with Gasteiger partial charge in [-0.1, -0.05) is 13.8 Å². The van der Waals surface area contributed by atoms with Crippen molar-refractivity contribution in [3.05, 3.63) is 0 Å². The fourth-order valence-electron chi connectivity index (χ4n) is 3.87. The third-order valence-electron chi connectivity index (χ3n) is 6.30. The van der Waals surface area contributed by atoms with Gasteiger partial charge in [-0.05, 0) is 59.3 Å². The van der Waals surface area contributed by atoms with E-state index in [1.54, 1.807) is 0 Å². The molecule has 0 aromatic heterocycles. The number of rotatable bonds is 6. The van der Waals surface area contributed by atoms with Crippen LogP contribution in [-0.2, 0) is 9.59 Å². The van der Waals surface area contributed by atoms with Crippen LogP contribution in [0.1, 0.15) is 40.5 Å². The van der Waals surface area contributed by atoms with Crippen LogP contribution in [0.4, 0.5) is 0 Å². The van der Waals surface area contributed by atoms with Crippen LogP contribution >= 0.6 is 0 Å². The van der Waals surface area contributed by atoms with Crippen molar-refractivity contribution in [3.63, 3.8) is 0 Å². The molecule has 2 rings (SSSR count). The van der Waals surface area contributed by atoms with E-state index in [0.29, 0.717) is 25.2 Å². The summed E-state index contributed by atoms with van der Waals surface area (Å²) >= 11 is 0. The molecule has 2 heterocycles. The molecule has 0 bridgehead atoms. The van der Waals surface area contributed by atoms with Gasteiger partial charge in [-0.15, -0.1) is 0 Å². The van der Waals surface area contributed by atoms with Crippen LogP contribution in [0.25, 0.3) is 0 Å². The highest BCUT2D eigenvalue weighted by atomic mass is 16.2. The molecular formula is C19H36N4O2. The first kappa shape index (κ1) is 20.2. The molecule has 2 saturated heterocycles. The number of nitrogens with one attached hydrogen (secondary N) is 2. The van der Waals surface area contributed by atoms with Crippen LogP contribution in [0, 0.1) is 17.3 Å². The van der Waals surface area contributed by atoms with E-state index < -0.39 is 0 Å². The molecule has 2 amide bonds. The summed E-state index contributed by atoms with van der Waals surface area (Å²) in [6.07, 6.45) is 1.85. The minimum Gasteiger partial charge on any atom is -0.355 e. The molecule has 0 radical (unpaired) electrons. The lowest BCUT2D eigenvalue weighted by atomic mass is 9.91. The van der Waals surface area contributed by atoms with E-state index in [-0.39, 0.29) is 29.1 Å². The van der Waals surface area contributed by atoms with Gasteiger partial charge in [-0.2, -0.15) is 0 Å². The van der Waals surface area contributed by atoms with Gasteiger partial charge >= 0.3 is 0 Å². The minimum atomic E-state index is -0.160. The molecular weight excluding hydrogens is 316 g/mol. The Balaban J connectivity index is 1.76. The third-order valence-corrected chi connectivity index (χ3v) is 6.30. The lowest BCUT2D eigenvalue weighted by Crippen LogP contribution is -2.46. The topological polar surface area (TPSA) is 64.7 Å². The van der Waals surface area contributed by atoms with Gasteiger partial charge in [0.15, 0.2) is 0 Å². The van der Waals surface area contributed by atoms with E-state index in [0.717, 1.165) is 25.9 Å². The van der Waals surface area contributed by atoms with Crippen molar-refractivity contribution >= 4 is 11.8 Å². The Morgan fingerprint density at radius 1 is 0.880 bits per heavy atom. The van der Waals surface area contributed by atoms with E-state index in [2.05, 4.69) is 62.2 Å². The first-order chi connectivity index (χ1) is 11.6. The molecule has 2 aliphatic heterocycles. The highest BCUT2D eigenvalue weighted by Crippen LogP contribution is 2.24. The molecule has 2 aliphatic rings. The van der Waals surface area contributed by atoms with Crippen molar-refractivity contribution in [1.29, 1.82) is 0 Å². The van der Waals surface area contributed by atoms with E-state index in [1.165, 1.54) is 0 Å². The second-order valence-electron chi connectivity index (χ2n) is 8.83.